The first-order chi connectivity index (χ1) is 11.7. The highest BCUT2D eigenvalue weighted by molar-refractivity contribution is 5.99. The van der Waals surface area contributed by atoms with Gasteiger partial charge < -0.3 is 4.74 Å². The summed E-state index contributed by atoms with van der Waals surface area (Å²) in [4.78, 5) is 12.8. The second-order valence-electron chi connectivity index (χ2n) is 6.39. The average molecular weight is 324 g/mol. The van der Waals surface area contributed by atoms with E-state index < -0.39 is 0 Å². The number of hydrogen-bond donors (Lipinski definition) is 0. The van der Waals surface area contributed by atoms with E-state index in [1.807, 2.05) is 55.5 Å². The maximum Gasteiger partial charge on any atom is 0.166 e. The fourth-order valence-electron chi connectivity index (χ4n) is 3.07. The molecule has 0 saturated heterocycles. The first kappa shape index (κ1) is 18.3. The lowest BCUT2D eigenvalue weighted by Crippen LogP contribution is -2.16. The monoisotopic (exact) mass is 324 g/mol. The lowest BCUT2D eigenvalue weighted by Gasteiger charge is -2.16. The van der Waals surface area contributed by atoms with Gasteiger partial charge >= 0.3 is 0 Å². The van der Waals surface area contributed by atoms with Crippen LogP contribution in [0.1, 0.15) is 61.0 Å². The van der Waals surface area contributed by atoms with Gasteiger partial charge in [-0.15, -0.1) is 0 Å². The van der Waals surface area contributed by atoms with Crippen molar-refractivity contribution in [2.75, 3.05) is 0 Å². The predicted octanol–water partition coefficient (Wildman–Crippen LogP) is 5.97. The second-order valence-corrected chi connectivity index (χ2v) is 6.39. The molecule has 0 aliphatic heterocycles. The van der Waals surface area contributed by atoms with Crippen LogP contribution in [0.5, 0.6) is 5.75 Å². The predicted molar refractivity (Wildman–Crippen MR) is 99.6 cm³/mol. The van der Waals surface area contributed by atoms with E-state index in [0.717, 1.165) is 48.1 Å². The van der Waals surface area contributed by atoms with Gasteiger partial charge in [0.2, 0.25) is 0 Å². The van der Waals surface area contributed by atoms with E-state index in [2.05, 4.69) is 13.8 Å². The molecule has 0 atom stereocenters. The number of aryl methyl sites for hydroxylation is 1. The third-order valence-electron chi connectivity index (χ3n) is 4.36. The van der Waals surface area contributed by atoms with Crippen LogP contribution in [0.2, 0.25) is 0 Å². The van der Waals surface area contributed by atoms with Crippen LogP contribution in [-0.4, -0.2) is 5.78 Å². The molecule has 0 N–H and O–H groups in total. The Morgan fingerprint density at radius 1 is 1.00 bits per heavy atom. The van der Waals surface area contributed by atoms with Crippen molar-refractivity contribution in [3.63, 3.8) is 0 Å². The fourth-order valence-corrected chi connectivity index (χ4v) is 3.07. The summed E-state index contributed by atoms with van der Waals surface area (Å²) in [5, 5.41) is 0. The molecule has 128 valence electrons. The van der Waals surface area contributed by atoms with Crippen molar-refractivity contribution < 1.29 is 9.53 Å². The summed E-state index contributed by atoms with van der Waals surface area (Å²) in [6.45, 7) is 6.83. The van der Waals surface area contributed by atoms with E-state index in [1.165, 1.54) is 0 Å². The number of ether oxygens (including phenoxy) is 1. The SMILES string of the molecule is CCCC(CCC)C(=O)c1ccc(OCc2ccccc2)cc1C. The van der Waals surface area contributed by atoms with E-state index in [1.54, 1.807) is 0 Å². The van der Waals surface area contributed by atoms with Gasteiger partial charge in [-0.2, -0.15) is 0 Å². The van der Waals surface area contributed by atoms with Crippen LogP contribution in [0.4, 0.5) is 0 Å². The highest BCUT2D eigenvalue weighted by Crippen LogP contribution is 2.24. The zero-order valence-corrected chi connectivity index (χ0v) is 15.0. The molecule has 2 rings (SSSR count). The molecular formula is C22H28O2. The van der Waals surface area contributed by atoms with Gasteiger partial charge in [-0.3, -0.25) is 4.79 Å². The molecule has 0 spiro atoms. The van der Waals surface area contributed by atoms with Crippen molar-refractivity contribution in [3.8, 4) is 5.75 Å². The summed E-state index contributed by atoms with van der Waals surface area (Å²) in [6.07, 6.45) is 4.04. The number of carbonyl (C=O) groups excluding carboxylic acids is 1. The molecule has 24 heavy (non-hydrogen) atoms. The van der Waals surface area contributed by atoms with Gasteiger partial charge in [-0.1, -0.05) is 57.0 Å². The molecule has 2 aromatic rings. The van der Waals surface area contributed by atoms with Crippen LogP contribution in [0.25, 0.3) is 0 Å². The largest absolute Gasteiger partial charge is 0.489 e. The molecule has 0 amide bonds. The minimum absolute atomic E-state index is 0.148. The number of carbonyl (C=O) groups is 1. The summed E-state index contributed by atoms with van der Waals surface area (Å²) in [5.74, 6) is 1.25. The summed E-state index contributed by atoms with van der Waals surface area (Å²) >= 11 is 0. The fraction of sp³-hybridized carbons (Fsp3) is 0.409. The molecule has 0 radical (unpaired) electrons. The van der Waals surface area contributed by atoms with E-state index in [0.29, 0.717) is 6.61 Å². The van der Waals surface area contributed by atoms with Crippen LogP contribution in [0, 0.1) is 12.8 Å². The van der Waals surface area contributed by atoms with Gasteiger partial charge in [0.15, 0.2) is 5.78 Å². The van der Waals surface area contributed by atoms with Crippen LogP contribution >= 0.6 is 0 Å². The zero-order valence-electron chi connectivity index (χ0n) is 15.0. The lowest BCUT2D eigenvalue weighted by molar-refractivity contribution is 0.0904. The van der Waals surface area contributed by atoms with Gasteiger partial charge in [0.1, 0.15) is 12.4 Å². The molecule has 0 saturated carbocycles. The molecule has 2 nitrogen and oxygen atoms in total. The Morgan fingerprint density at radius 2 is 1.67 bits per heavy atom. The van der Waals surface area contributed by atoms with Gasteiger partial charge in [0.25, 0.3) is 0 Å². The Balaban J connectivity index is 2.06. The Hall–Kier alpha value is -2.09. The highest BCUT2D eigenvalue weighted by Gasteiger charge is 2.20. The Kier molecular flexibility index (Phi) is 7.05. The van der Waals surface area contributed by atoms with Crippen LogP contribution in [0.3, 0.4) is 0 Å². The summed E-state index contributed by atoms with van der Waals surface area (Å²) in [6, 6.07) is 15.9. The van der Waals surface area contributed by atoms with Crippen molar-refractivity contribution >= 4 is 5.78 Å². The van der Waals surface area contributed by atoms with Crippen molar-refractivity contribution in [2.45, 2.75) is 53.1 Å². The van der Waals surface area contributed by atoms with Crippen molar-refractivity contribution in [2.24, 2.45) is 5.92 Å². The molecule has 0 aliphatic carbocycles. The lowest BCUT2D eigenvalue weighted by atomic mass is 9.88. The molecule has 0 bridgehead atoms. The summed E-state index contributed by atoms with van der Waals surface area (Å²) < 4.78 is 5.85. The van der Waals surface area contributed by atoms with E-state index in [9.17, 15) is 4.79 Å². The van der Waals surface area contributed by atoms with Crippen LogP contribution in [0.15, 0.2) is 48.5 Å². The number of benzene rings is 2. The molecular weight excluding hydrogens is 296 g/mol. The maximum absolute atomic E-state index is 12.8. The van der Waals surface area contributed by atoms with Crippen molar-refractivity contribution in [1.82, 2.24) is 0 Å². The zero-order chi connectivity index (χ0) is 17.4. The van der Waals surface area contributed by atoms with E-state index >= 15 is 0 Å². The molecule has 0 unspecified atom stereocenters. The standard InChI is InChI=1S/C22H28O2/c1-4-9-19(10-5-2)22(23)21-14-13-20(15-17(21)3)24-16-18-11-7-6-8-12-18/h6-8,11-15,19H,4-5,9-10,16H2,1-3H3. The van der Waals surface area contributed by atoms with Gasteiger partial charge in [-0.05, 0) is 49.1 Å². The minimum Gasteiger partial charge on any atom is -0.489 e. The summed E-state index contributed by atoms with van der Waals surface area (Å²) in [7, 11) is 0. The van der Waals surface area contributed by atoms with E-state index in [4.69, 9.17) is 4.74 Å². The molecule has 0 aliphatic rings. The second kappa shape index (κ2) is 9.27. The third-order valence-corrected chi connectivity index (χ3v) is 4.36. The number of Topliss-reactive ketones (excluding diaryl/α,β-unsaturated/α-hetero) is 1. The maximum atomic E-state index is 12.8. The van der Waals surface area contributed by atoms with Gasteiger partial charge in [-0.25, -0.2) is 0 Å². The first-order valence-electron chi connectivity index (χ1n) is 8.97. The number of rotatable bonds is 9. The van der Waals surface area contributed by atoms with Crippen LogP contribution < -0.4 is 4.74 Å². The van der Waals surface area contributed by atoms with E-state index in [-0.39, 0.29) is 11.7 Å². The molecule has 0 fully saturated rings. The number of hydrogen-bond acceptors (Lipinski definition) is 2. The quantitative estimate of drug-likeness (QED) is 0.531. The van der Waals surface area contributed by atoms with Crippen LogP contribution in [-0.2, 0) is 6.61 Å². The number of ketones is 1. The third kappa shape index (κ3) is 4.95. The Bertz CT molecular complexity index is 640. The van der Waals surface area contributed by atoms with Gasteiger partial charge in [0.05, 0.1) is 0 Å². The summed E-state index contributed by atoms with van der Waals surface area (Å²) in [5.41, 5.74) is 2.98. The normalized spacial score (nSPS) is 10.8. The Labute approximate surface area is 145 Å². The van der Waals surface area contributed by atoms with Crippen molar-refractivity contribution in [3.05, 3.63) is 65.2 Å². The molecule has 0 heterocycles. The minimum atomic E-state index is 0.148. The Morgan fingerprint density at radius 3 is 2.25 bits per heavy atom. The molecule has 2 heteroatoms. The first-order valence-corrected chi connectivity index (χ1v) is 8.97. The highest BCUT2D eigenvalue weighted by atomic mass is 16.5. The average Bonchev–Trinajstić information content (AvgIpc) is 2.60. The smallest absolute Gasteiger partial charge is 0.166 e. The molecule has 0 aromatic heterocycles. The molecule has 2 aromatic carbocycles. The van der Waals surface area contributed by atoms with Gasteiger partial charge in [0, 0.05) is 11.5 Å². The van der Waals surface area contributed by atoms with Crippen molar-refractivity contribution in [1.29, 1.82) is 0 Å². The topological polar surface area (TPSA) is 26.3 Å².